The van der Waals surface area contributed by atoms with Crippen LogP contribution in [0.4, 0.5) is 10.5 Å². The quantitative estimate of drug-likeness (QED) is 0.400. The van der Waals surface area contributed by atoms with E-state index in [0.717, 1.165) is 37.8 Å². The summed E-state index contributed by atoms with van der Waals surface area (Å²) in [4.78, 5) is 12.4. The third kappa shape index (κ3) is 8.59. The molecule has 3 N–H and O–H groups in total. The van der Waals surface area contributed by atoms with Crippen LogP contribution < -0.4 is 16.0 Å². The number of carbonyl (C=O) groups excluding carboxylic acids is 1. The first-order valence-electron chi connectivity index (χ1n) is 9.66. The van der Waals surface area contributed by atoms with E-state index in [1.807, 2.05) is 36.4 Å². The van der Waals surface area contributed by atoms with E-state index in [4.69, 9.17) is 0 Å². The lowest BCUT2D eigenvalue weighted by Gasteiger charge is -2.27. The van der Waals surface area contributed by atoms with Gasteiger partial charge in [-0.25, -0.2) is 4.79 Å². The van der Waals surface area contributed by atoms with Crippen molar-refractivity contribution in [3.63, 3.8) is 0 Å². The van der Waals surface area contributed by atoms with Gasteiger partial charge in [0.1, 0.15) is 0 Å². The molecule has 2 aromatic rings. The second kappa shape index (κ2) is 13.3. The molecule has 0 aromatic heterocycles. The lowest BCUT2D eigenvalue weighted by molar-refractivity contribution is 0.241. The molecule has 2 unspecified atom stereocenters. The molecule has 0 saturated carbocycles. The average Bonchev–Trinajstić information content (AvgIpc) is 2.67. The first kappa shape index (κ1) is 23.2. The Hall–Kier alpha value is -1.85. The molecule has 0 spiro atoms. The monoisotopic (exact) mass is 433 g/mol. The van der Waals surface area contributed by atoms with Gasteiger partial charge in [0, 0.05) is 11.7 Å². The van der Waals surface area contributed by atoms with Gasteiger partial charge in [-0.1, -0.05) is 81.6 Å². The van der Waals surface area contributed by atoms with Crippen molar-refractivity contribution in [1.82, 2.24) is 10.6 Å². The van der Waals surface area contributed by atoms with Gasteiger partial charge in [-0.2, -0.15) is 0 Å². The number of hydrogen-bond donors (Lipinski definition) is 3. The maximum absolute atomic E-state index is 12.4. The van der Waals surface area contributed by atoms with Crippen LogP contribution in [0.3, 0.4) is 0 Å². The van der Waals surface area contributed by atoms with Gasteiger partial charge in [0.2, 0.25) is 0 Å². The molecule has 5 heteroatoms. The number of urea groups is 1. The van der Waals surface area contributed by atoms with Crippen molar-refractivity contribution in [3.05, 3.63) is 66.2 Å². The van der Waals surface area contributed by atoms with E-state index in [0.29, 0.717) is 0 Å². The van der Waals surface area contributed by atoms with Gasteiger partial charge < -0.3 is 10.6 Å². The number of rotatable bonds is 10. The highest BCUT2D eigenvalue weighted by atomic mass is 79.9. The molecule has 0 aliphatic carbocycles. The Labute approximate surface area is 173 Å². The minimum absolute atomic E-state index is 0. The first-order valence-corrected chi connectivity index (χ1v) is 9.66. The molecule has 0 saturated heterocycles. The highest BCUT2D eigenvalue weighted by Crippen LogP contribution is 2.19. The summed E-state index contributed by atoms with van der Waals surface area (Å²) in [6.45, 7) is 4.36. The topological polar surface area (TPSA) is 53.2 Å². The number of hydrogen-bond acceptors (Lipinski definition) is 2. The molecule has 0 radical (unpaired) electrons. The smallest absolute Gasteiger partial charge is 0.320 e. The minimum atomic E-state index is -0.173. The fraction of sp³-hybridized carbons (Fsp3) is 0.409. The second-order valence-corrected chi connectivity index (χ2v) is 6.58. The van der Waals surface area contributed by atoms with Crippen molar-refractivity contribution >= 4 is 28.7 Å². The van der Waals surface area contributed by atoms with Crippen LogP contribution in [0.1, 0.15) is 57.6 Å². The van der Waals surface area contributed by atoms with Crippen LogP contribution in [0.5, 0.6) is 0 Å². The van der Waals surface area contributed by atoms with Gasteiger partial charge in [-0.3, -0.25) is 5.32 Å². The number of nitrogens with one attached hydrogen (secondary N) is 3. The molecule has 27 heavy (non-hydrogen) atoms. The average molecular weight is 434 g/mol. The van der Waals surface area contributed by atoms with Crippen molar-refractivity contribution in [3.8, 4) is 0 Å². The zero-order valence-corrected chi connectivity index (χ0v) is 18.0. The number of benzene rings is 2. The highest BCUT2D eigenvalue weighted by molar-refractivity contribution is 8.93. The summed E-state index contributed by atoms with van der Waals surface area (Å²) in [6.07, 6.45) is 5.14. The normalized spacial score (nSPS) is 12.5. The van der Waals surface area contributed by atoms with Crippen molar-refractivity contribution in [2.24, 2.45) is 0 Å². The summed E-state index contributed by atoms with van der Waals surface area (Å²) in [6, 6.07) is 20.1. The second-order valence-electron chi connectivity index (χ2n) is 6.58. The number of anilines is 1. The number of carbonyl (C=O) groups is 1. The third-order valence-corrected chi connectivity index (χ3v) is 4.36. The molecule has 0 aliphatic heterocycles. The number of amides is 2. The predicted molar refractivity (Wildman–Crippen MR) is 119 cm³/mol. The summed E-state index contributed by atoms with van der Waals surface area (Å²) < 4.78 is 0. The Bertz CT molecular complexity index is 637. The Balaban J connectivity index is 0.00000364. The predicted octanol–water partition coefficient (Wildman–Crippen LogP) is 6.03. The third-order valence-electron chi connectivity index (χ3n) is 4.36. The van der Waals surface area contributed by atoms with Crippen molar-refractivity contribution in [2.75, 3.05) is 5.32 Å². The van der Waals surface area contributed by atoms with E-state index >= 15 is 0 Å². The van der Waals surface area contributed by atoms with Gasteiger partial charge >= 0.3 is 6.03 Å². The molecular formula is C22H32BrN3O. The fourth-order valence-electron chi connectivity index (χ4n) is 3.02. The van der Waals surface area contributed by atoms with E-state index < -0.39 is 0 Å². The summed E-state index contributed by atoms with van der Waals surface area (Å²) in [5.41, 5.74) is 2.06. The maximum Gasteiger partial charge on any atom is 0.320 e. The van der Waals surface area contributed by atoms with E-state index in [1.165, 1.54) is 5.56 Å². The van der Waals surface area contributed by atoms with Crippen molar-refractivity contribution < 1.29 is 4.79 Å². The van der Waals surface area contributed by atoms with Crippen LogP contribution in [0.2, 0.25) is 0 Å². The molecule has 2 aromatic carbocycles. The fourth-order valence-corrected chi connectivity index (χ4v) is 3.02. The Morgan fingerprint density at radius 3 is 2.11 bits per heavy atom. The number of unbranched alkanes of at least 4 members (excludes halogenated alkanes) is 1. The van der Waals surface area contributed by atoms with Crippen LogP contribution >= 0.6 is 17.0 Å². The Morgan fingerprint density at radius 1 is 0.889 bits per heavy atom. The summed E-state index contributed by atoms with van der Waals surface area (Å²) >= 11 is 0. The molecule has 2 amide bonds. The largest absolute Gasteiger partial charge is 0.323 e. The van der Waals surface area contributed by atoms with Crippen LogP contribution in [0.15, 0.2) is 60.7 Å². The zero-order chi connectivity index (χ0) is 18.6. The number of halogens is 1. The Kier molecular flexibility index (Phi) is 11.5. The SMILES string of the molecule is Br.CCCCC(NC(=O)Nc1ccccc1)NC(CCC)c1ccccc1. The van der Waals surface area contributed by atoms with Crippen LogP contribution in [0, 0.1) is 0 Å². The molecule has 0 aliphatic rings. The van der Waals surface area contributed by atoms with Gasteiger partial charge in [-0.15, -0.1) is 17.0 Å². The summed E-state index contributed by atoms with van der Waals surface area (Å²) in [7, 11) is 0. The van der Waals surface area contributed by atoms with Gasteiger partial charge in [0.05, 0.1) is 6.17 Å². The molecule has 148 valence electrons. The molecule has 4 nitrogen and oxygen atoms in total. The standard InChI is InChI=1S/C22H31N3O.BrH/c1-3-5-17-21(25-22(26)23-19-15-10-7-11-16-19)24-20(12-4-2)18-13-8-6-9-14-18;/h6-11,13-16,20-21,24H,3-5,12,17H2,1-2H3,(H2,23,25,26);1H. The van der Waals surface area contributed by atoms with Gasteiger partial charge in [0.15, 0.2) is 0 Å². The molecule has 0 heterocycles. The van der Waals surface area contributed by atoms with Crippen LogP contribution in [0.25, 0.3) is 0 Å². The first-order chi connectivity index (χ1) is 12.7. The summed E-state index contributed by atoms with van der Waals surface area (Å²) in [5, 5.41) is 9.65. The van der Waals surface area contributed by atoms with Gasteiger partial charge in [0.25, 0.3) is 0 Å². The van der Waals surface area contributed by atoms with Gasteiger partial charge in [-0.05, 0) is 30.5 Å². The van der Waals surface area contributed by atoms with E-state index in [1.54, 1.807) is 0 Å². The lowest BCUT2D eigenvalue weighted by Crippen LogP contribution is -2.48. The maximum atomic E-state index is 12.4. The van der Waals surface area contributed by atoms with Crippen LogP contribution in [-0.2, 0) is 0 Å². The Morgan fingerprint density at radius 2 is 1.52 bits per heavy atom. The number of para-hydroxylation sites is 1. The highest BCUT2D eigenvalue weighted by Gasteiger charge is 2.18. The molecule has 2 rings (SSSR count). The summed E-state index contributed by atoms with van der Waals surface area (Å²) in [5.74, 6) is 0. The molecule has 0 bridgehead atoms. The van der Waals surface area contributed by atoms with Crippen LogP contribution in [-0.4, -0.2) is 12.2 Å². The van der Waals surface area contributed by atoms with E-state index in [2.05, 4.69) is 54.1 Å². The molecule has 2 atom stereocenters. The van der Waals surface area contributed by atoms with Crippen molar-refractivity contribution in [2.45, 2.75) is 58.2 Å². The lowest BCUT2D eigenvalue weighted by atomic mass is 10.0. The molecule has 0 fully saturated rings. The van der Waals surface area contributed by atoms with E-state index in [-0.39, 0.29) is 35.2 Å². The van der Waals surface area contributed by atoms with E-state index in [9.17, 15) is 4.79 Å². The molecular weight excluding hydrogens is 402 g/mol. The zero-order valence-electron chi connectivity index (χ0n) is 16.3. The minimum Gasteiger partial charge on any atom is -0.323 e. The van der Waals surface area contributed by atoms with Crippen molar-refractivity contribution in [1.29, 1.82) is 0 Å².